The van der Waals surface area contributed by atoms with Gasteiger partial charge >= 0.3 is 6.03 Å². The monoisotopic (exact) mass is 365 g/mol. The van der Waals surface area contributed by atoms with Crippen molar-refractivity contribution in [3.63, 3.8) is 0 Å². The van der Waals surface area contributed by atoms with Crippen molar-refractivity contribution in [3.05, 3.63) is 66.2 Å². The molecule has 0 aromatic heterocycles. The zero-order chi connectivity index (χ0) is 19.1. The molecule has 5 nitrogen and oxygen atoms in total. The Kier molecular flexibility index (Phi) is 6.47. The second-order valence-corrected chi connectivity index (χ2v) is 7.14. The van der Waals surface area contributed by atoms with Crippen LogP contribution in [0, 0.1) is 0 Å². The second kappa shape index (κ2) is 9.21. The number of anilines is 1. The van der Waals surface area contributed by atoms with Crippen LogP contribution < -0.4 is 10.6 Å². The van der Waals surface area contributed by atoms with Crippen LogP contribution in [0.15, 0.2) is 60.7 Å². The Morgan fingerprint density at radius 3 is 2.22 bits per heavy atom. The molecular weight excluding hydrogens is 338 g/mol. The van der Waals surface area contributed by atoms with Crippen molar-refractivity contribution in [1.29, 1.82) is 0 Å². The Bertz CT molecular complexity index is 741. The van der Waals surface area contributed by atoms with Crippen molar-refractivity contribution >= 4 is 17.6 Å². The third-order valence-electron chi connectivity index (χ3n) is 5.03. The summed E-state index contributed by atoms with van der Waals surface area (Å²) in [4.78, 5) is 26.5. The first-order valence-electron chi connectivity index (χ1n) is 9.57. The molecule has 1 unspecified atom stereocenters. The number of amides is 3. The molecule has 0 spiro atoms. The number of hydrogen-bond acceptors (Lipinski definition) is 2. The maximum Gasteiger partial charge on any atom is 0.321 e. The Morgan fingerprint density at radius 2 is 1.59 bits per heavy atom. The molecule has 1 fully saturated rings. The number of hydrogen-bond donors (Lipinski definition) is 2. The van der Waals surface area contributed by atoms with Gasteiger partial charge in [0.25, 0.3) is 0 Å². The van der Waals surface area contributed by atoms with Crippen LogP contribution in [0.3, 0.4) is 0 Å². The summed E-state index contributed by atoms with van der Waals surface area (Å²) in [7, 11) is 0. The number of piperidine rings is 1. The molecule has 5 heteroatoms. The number of carbonyl (C=O) groups is 2. The van der Waals surface area contributed by atoms with Crippen LogP contribution in [-0.2, 0) is 4.79 Å². The summed E-state index contributed by atoms with van der Waals surface area (Å²) >= 11 is 0. The Balaban J connectivity index is 1.41. The maximum absolute atomic E-state index is 12.3. The van der Waals surface area contributed by atoms with Crippen LogP contribution in [0.5, 0.6) is 0 Å². The molecule has 1 aliphatic heterocycles. The van der Waals surface area contributed by atoms with Crippen molar-refractivity contribution in [1.82, 2.24) is 10.2 Å². The van der Waals surface area contributed by atoms with Crippen molar-refractivity contribution in [2.45, 2.75) is 38.1 Å². The van der Waals surface area contributed by atoms with Crippen LogP contribution in [0.25, 0.3) is 0 Å². The van der Waals surface area contributed by atoms with Gasteiger partial charge in [0.15, 0.2) is 0 Å². The van der Waals surface area contributed by atoms with Gasteiger partial charge in [0, 0.05) is 31.2 Å². The fourth-order valence-corrected chi connectivity index (χ4v) is 3.42. The van der Waals surface area contributed by atoms with Gasteiger partial charge < -0.3 is 15.5 Å². The van der Waals surface area contributed by atoms with Crippen molar-refractivity contribution in [2.24, 2.45) is 0 Å². The van der Waals surface area contributed by atoms with Gasteiger partial charge in [-0.2, -0.15) is 0 Å². The van der Waals surface area contributed by atoms with E-state index < -0.39 is 0 Å². The molecule has 1 saturated heterocycles. The minimum Gasteiger partial charge on any atom is -0.353 e. The molecule has 1 aliphatic rings. The van der Waals surface area contributed by atoms with E-state index in [9.17, 15) is 9.59 Å². The Labute approximate surface area is 160 Å². The highest BCUT2D eigenvalue weighted by Crippen LogP contribution is 2.19. The van der Waals surface area contributed by atoms with E-state index in [0.29, 0.717) is 19.5 Å². The zero-order valence-corrected chi connectivity index (χ0v) is 15.7. The van der Waals surface area contributed by atoms with E-state index in [0.717, 1.165) is 18.5 Å². The molecule has 0 aliphatic carbocycles. The van der Waals surface area contributed by atoms with E-state index in [1.165, 1.54) is 5.56 Å². The highest BCUT2D eigenvalue weighted by molar-refractivity contribution is 5.89. The molecule has 27 heavy (non-hydrogen) atoms. The fourth-order valence-electron chi connectivity index (χ4n) is 3.42. The molecule has 3 amide bonds. The van der Waals surface area contributed by atoms with E-state index in [2.05, 4.69) is 29.7 Å². The number of nitrogens with zero attached hydrogens (tertiary/aromatic N) is 1. The SMILES string of the molecule is CC(CC(=O)NC1CCN(C(=O)Nc2ccccc2)CC1)c1ccccc1. The molecule has 0 bridgehead atoms. The predicted molar refractivity (Wildman–Crippen MR) is 108 cm³/mol. The van der Waals surface area contributed by atoms with E-state index in [1.54, 1.807) is 0 Å². The van der Waals surface area contributed by atoms with Gasteiger partial charge in [0.05, 0.1) is 0 Å². The summed E-state index contributed by atoms with van der Waals surface area (Å²) in [6.07, 6.45) is 2.06. The van der Waals surface area contributed by atoms with Crippen LogP contribution >= 0.6 is 0 Å². The number of urea groups is 1. The van der Waals surface area contributed by atoms with Gasteiger partial charge in [-0.05, 0) is 36.5 Å². The van der Waals surface area contributed by atoms with Gasteiger partial charge in [-0.25, -0.2) is 4.79 Å². The third kappa shape index (κ3) is 5.58. The van der Waals surface area contributed by atoms with E-state index in [4.69, 9.17) is 0 Å². The predicted octanol–water partition coefficient (Wildman–Crippen LogP) is 3.99. The standard InChI is InChI=1S/C22H27N3O2/c1-17(18-8-4-2-5-9-18)16-21(26)23-20-12-14-25(15-13-20)22(27)24-19-10-6-3-7-11-19/h2-11,17,20H,12-16H2,1H3,(H,23,26)(H,24,27). The van der Waals surface area contributed by atoms with E-state index >= 15 is 0 Å². The van der Waals surface area contributed by atoms with Crippen LogP contribution in [0.1, 0.15) is 37.7 Å². The molecule has 0 radical (unpaired) electrons. The quantitative estimate of drug-likeness (QED) is 0.841. The van der Waals surface area contributed by atoms with Gasteiger partial charge in [-0.1, -0.05) is 55.5 Å². The lowest BCUT2D eigenvalue weighted by Gasteiger charge is -2.32. The molecule has 0 saturated carbocycles. The number of nitrogens with one attached hydrogen (secondary N) is 2. The van der Waals surface area contributed by atoms with Crippen LogP contribution in [0.4, 0.5) is 10.5 Å². The topological polar surface area (TPSA) is 61.4 Å². The minimum atomic E-state index is -0.0799. The van der Waals surface area contributed by atoms with Crippen molar-refractivity contribution in [2.75, 3.05) is 18.4 Å². The van der Waals surface area contributed by atoms with Gasteiger partial charge in [-0.3, -0.25) is 4.79 Å². The summed E-state index contributed by atoms with van der Waals surface area (Å²) in [5.74, 6) is 0.279. The van der Waals surface area contributed by atoms with E-state index in [-0.39, 0.29) is 23.9 Å². The van der Waals surface area contributed by atoms with Crippen LogP contribution in [-0.4, -0.2) is 36.0 Å². The molecule has 2 aromatic rings. The van der Waals surface area contributed by atoms with Crippen molar-refractivity contribution in [3.8, 4) is 0 Å². The third-order valence-corrected chi connectivity index (χ3v) is 5.03. The highest BCUT2D eigenvalue weighted by atomic mass is 16.2. The molecule has 1 atom stereocenters. The number of carbonyl (C=O) groups excluding carboxylic acids is 2. The Morgan fingerprint density at radius 1 is 1.00 bits per heavy atom. The van der Waals surface area contributed by atoms with Crippen molar-refractivity contribution < 1.29 is 9.59 Å². The summed E-state index contributed by atoms with van der Waals surface area (Å²) < 4.78 is 0. The maximum atomic E-state index is 12.3. The minimum absolute atomic E-state index is 0.0799. The number of rotatable bonds is 5. The first-order valence-corrected chi connectivity index (χ1v) is 9.57. The lowest BCUT2D eigenvalue weighted by Crippen LogP contribution is -2.47. The molecule has 2 aromatic carbocycles. The fraction of sp³-hybridized carbons (Fsp3) is 0.364. The molecular formula is C22H27N3O2. The summed E-state index contributed by atoms with van der Waals surface area (Å²) in [5.41, 5.74) is 1.98. The lowest BCUT2D eigenvalue weighted by atomic mass is 9.97. The van der Waals surface area contributed by atoms with Gasteiger partial charge in [-0.15, -0.1) is 0 Å². The highest BCUT2D eigenvalue weighted by Gasteiger charge is 2.24. The summed E-state index contributed by atoms with van der Waals surface area (Å²) in [5, 5.41) is 6.04. The zero-order valence-electron chi connectivity index (χ0n) is 15.7. The molecule has 3 rings (SSSR count). The number of likely N-dealkylation sites (tertiary alicyclic amines) is 1. The molecule has 1 heterocycles. The lowest BCUT2D eigenvalue weighted by molar-refractivity contribution is -0.122. The average molecular weight is 365 g/mol. The average Bonchev–Trinajstić information content (AvgIpc) is 2.70. The largest absolute Gasteiger partial charge is 0.353 e. The smallest absolute Gasteiger partial charge is 0.321 e. The van der Waals surface area contributed by atoms with E-state index in [1.807, 2.05) is 53.4 Å². The van der Waals surface area contributed by atoms with Crippen LogP contribution in [0.2, 0.25) is 0 Å². The second-order valence-electron chi connectivity index (χ2n) is 7.14. The van der Waals surface area contributed by atoms with Gasteiger partial charge in [0.2, 0.25) is 5.91 Å². The Hall–Kier alpha value is -2.82. The van der Waals surface area contributed by atoms with Gasteiger partial charge in [0.1, 0.15) is 0 Å². The first kappa shape index (κ1) is 19.0. The normalized spacial score (nSPS) is 15.8. The summed E-state index contributed by atoms with van der Waals surface area (Å²) in [6.45, 7) is 3.38. The molecule has 2 N–H and O–H groups in total. The number of para-hydroxylation sites is 1. The number of benzene rings is 2. The summed E-state index contributed by atoms with van der Waals surface area (Å²) in [6, 6.07) is 19.6. The molecule has 142 valence electrons. The first-order chi connectivity index (χ1) is 13.1.